The Kier molecular flexibility index (Phi) is 6.27. The third-order valence-corrected chi connectivity index (χ3v) is 4.20. The van der Waals surface area contributed by atoms with Crippen LogP contribution in [-0.2, 0) is 6.54 Å². The predicted octanol–water partition coefficient (Wildman–Crippen LogP) is 4.43. The number of thioether (sulfide) groups is 1. The molecule has 0 atom stereocenters. The van der Waals surface area contributed by atoms with E-state index in [0.29, 0.717) is 10.7 Å². The second kappa shape index (κ2) is 8.20. The molecule has 0 amide bonds. The Balaban J connectivity index is 2.27. The highest BCUT2D eigenvalue weighted by Crippen LogP contribution is 2.32. The predicted molar refractivity (Wildman–Crippen MR) is 88.4 cm³/mol. The van der Waals surface area contributed by atoms with Crippen LogP contribution >= 0.6 is 23.4 Å². The van der Waals surface area contributed by atoms with Crippen LogP contribution in [0.2, 0.25) is 5.15 Å². The molecule has 24 heavy (non-hydrogen) atoms. The molecule has 128 valence electrons. The molecule has 0 bridgehead atoms. The van der Waals surface area contributed by atoms with Gasteiger partial charge in [0.1, 0.15) is 0 Å². The van der Waals surface area contributed by atoms with Gasteiger partial charge < -0.3 is 5.32 Å². The zero-order valence-corrected chi connectivity index (χ0v) is 14.1. The van der Waals surface area contributed by atoms with Crippen molar-refractivity contribution in [2.75, 3.05) is 11.1 Å². The van der Waals surface area contributed by atoms with Gasteiger partial charge in [0.05, 0.1) is 4.92 Å². The van der Waals surface area contributed by atoms with Gasteiger partial charge in [0.25, 0.3) is 0 Å². The lowest BCUT2D eigenvalue weighted by molar-refractivity contribution is -0.384. The van der Waals surface area contributed by atoms with E-state index in [1.165, 1.54) is 17.8 Å². The molecule has 2 aromatic rings. The Hall–Kier alpha value is -2.00. The summed E-state index contributed by atoms with van der Waals surface area (Å²) < 4.78 is 26.1. The van der Waals surface area contributed by atoms with Gasteiger partial charge in [0, 0.05) is 12.3 Å². The molecule has 0 saturated heterocycles. The molecule has 0 aliphatic rings. The number of anilines is 1. The molecule has 0 radical (unpaired) electrons. The number of halogens is 3. The molecule has 0 saturated carbocycles. The first-order chi connectivity index (χ1) is 11.4. The summed E-state index contributed by atoms with van der Waals surface area (Å²) in [5, 5.41) is 13.9. The van der Waals surface area contributed by atoms with Gasteiger partial charge in [-0.25, -0.2) is 13.8 Å². The maximum absolute atomic E-state index is 13.2. The summed E-state index contributed by atoms with van der Waals surface area (Å²) in [4.78, 5) is 18.5. The van der Waals surface area contributed by atoms with E-state index in [1.807, 2.05) is 6.92 Å². The van der Waals surface area contributed by atoms with Crippen LogP contribution < -0.4 is 5.32 Å². The normalized spacial score (nSPS) is 10.7. The molecule has 0 spiro atoms. The van der Waals surface area contributed by atoms with Crippen molar-refractivity contribution in [3.8, 4) is 0 Å². The third-order valence-electron chi connectivity index (χ3n) is 2.88. The van der Waals surface area contributed by atoms with Gasteiger partial charge in [-0.2, -0.15) is 4.98 Å². The van der Waals surface area contributed by atoms with Crippen molar-refractivity contribution >= 4 is 34.9 Å². The summed E-state index contributed by atoms with van der Waals surface area (Å²) in [6.07, 6.45) is 0.875. The van der Waals surface area contributed by atoms with E-state index >= 15 is 0 Å². The molecule has 0 fully saturated rings. The molecular formula is C14H13ClF2N4O2S. The monoisotopic (exact) mass is 374 g/mol. The standard InChI is InChI=1S/C14H13ClF2N4O2S/c1-2-5-24-14-19-12(15)11(21(22)23)13(20-14)18-7-8-3-4-9(16)10(17)6-8/h3-4,6H,2,5,7H2,1H3,(H,18,19,20). The minimum atomic E-state index is -0.997. The summed E-state index contributed by atoms with van der Waals surface area (Å²) in [5.74, 6) is -1.29. The summed E-state index contributed by atoms with van der Waals surface area (Å²) in [7, 11) is 0. The maximum Gasteiger partial charge on any atom is 0.348 e. The lowest BCUT2D eigenvalue weighted by atomic mass is 10.2. The van der Waals surface area contributed by atoms with Crippen LogP contribution in [0.25, 0.3) is 0 Å². The minimum absolute atomic E-state index is 0.0171. The molecule has 1 heterocycles. The van der Waals surface area contributed by atoms with Crippen LogP contribution in [0.15, 0.2) is 23.4 Å². The van der Waals surface area contributed by atoms with Crippen LogP contribution in [0.5, 0.6) is 0 Å². The Morgan fingerprint density at radius 3 is 2.71 bits per heavy atom. The fraction of sp³-hybridized carbons (Fsp3) is 0.286. The van der Waals surface area contributed by atoms with Crippen LogP contribution in [0.1, 0.15) is 18.9 Å². The number of aromatic nitrogens is 2. The SMILES string of the molecule is CCCSc1nc(Cl)c([N+](=O)[O-])c(NCc2ccc(F)c(F)c2)n1. The van der Waals surface area contributed by atoms with Crippen LogP contribution in [-0.4, -0.2) is 20.6 Å². The highest BCUT2D eigenvalue weighted by molar-refractivity contribution is 7.99. The molecule has 0 unspecified atom stereocenters. The van der Waals surface area contributed by atoms with E-state index in [-0.39, 0.29) is 17.5 Å². The van der Waals surface area contributed by atoms with Gasteiger partial charge in [-0.05, 0) is 24.1 Å². The van der Waals surface area contributed by atoms with Crippen molar-refractivity contribution in [1.82, 2.24) is 9.97 Å². The van der Waals surface area contributed by atoms with Crippen molar-refractivity contribution in [2.24, 2.45) is 0 Å². The number of hydrogen-bond acceptors (Lipinski definition) is 6. The van der Waals surface area contributed by atoms with Gasteiger partial charge in [-0.1, -0.05) is 36.4 Å². The number of nitrogens with zero attached hydrogens (tertiary/aromatic N) is 3. The summed E-state index contributed by atoms with van der Waals surface area (Å²) >= 11 is 7.20. The molecule has 1 N–H and O–H groups in total. The molecule has 1 aromatic heterocycles. The van der Waals surface area contributed by atoms with Crippen LogP contribution in [0.3, 0.4) is 0 Å². The second-order valence-corrected chi connectivity index (χ2v) is 6.12. The highest BCUT2D eigenvalue weighted by atomic mass is 35.5. The number of benzene rings is 1. The zero-order valence-electron chi connectivity index (χ0n) is 12.6. The summed E-state index contributed by atoms with van der Waals surface area (Å²) in [5.41, 5.74) is -0.0548. The van der Waals surface area contributed by atoms with Gasteiger partial charge in [0.15, 0.2) is 16.8 Å². The molecule has 6 nitrogen and oxygen atoms in total. The van der Waals surface area contributed by atoms with Crippen LogP contribution in [0.4, 0.5) is 20.3 Å². The first-order valence-electron chi connectivity index (χ1n) is 6.95. The molecular weight excluding hydrogens is 362 g/mol. The van der Waals surface area contributed by atoms with E-state index in [9.17, 15) is 18.9 Å². The molecule has 10 heteroatoms. The fourth-order valence-corrected chi connectivity index (χ4v) is 2.77. The summed E-state index contributed by atoms with van der Waals surface area (Å²) in [6.45, 7) is 1.99. The lowest BCUT2D eigenvalue weighted by Gasteiger charge is -2.09. The van der Waals surface area contributed by atoms with Crippen molar-refractivity contribution in [1.29, 1.82) is 0 Å². The molecule has 2 rings (SSSR count). The second-order valence-electron chi connectivity index (χ2n) is 4.70. The van der Waals surface area contributed by atoms with E-state index < -0.39 is 22.2 Å². The number of nitro groups is 1. The van der Waals surface area contributed by atoms with E-state index in [4.69, 9.17) is 11.6 Å². The van der Waals surface area contributed by atoms with E-state index in [2.05, 4.69) is 15.3 Å². The van der Waals surface area contributed by atoms with Gasteiger partial charge in [0.2, 0.25) is 11.0 Å². The largest absolute Gasteiger partial charge is 0.360 e. The van der Waals surface area contributed by atoms with Crippen molar-refractivity contribution in [3.05, 3.63) is 50.7 Å². The quantitative estimate of drug-likeness (QED) is 0.254. The van der Waals surface area contributed by atoms with Crippen LogP contribution in [0, 0.1) is 21.7 Å². The van der Waals surface area contributed by atoms with E-state index in [0.717, 1.165) is 24.3 Å². The van der Waals surface area contributed by atoms with Crippen molar-refractivity contribution < 1.29 is 13.7 Å². The smallest absolute Gasteiger partial charge is 0.348 e. The minimum Gasteiger partial charge on any atom is -0.360 e. The fourth-order valence-electron chi connectivity index (χ4n) is 1.79. The summed E-state index contributed by atoms with van der Waals surface area (Å²) in [6, 6.07) is 3.35. The first-order valence-corrected chi connectivity index (χ1v) is 8.31. The molecule has 0 aliphatic carbocycles. The van der Waals surface area contributed by atoms with Gasteiger partial charge in [-0.3, -0.25) is 10.1 Å². The number of rotatable bonds is 7. The van der Waals surface area contributed by atoms with Crippen molar-refractivity contribution in [2.45, 2.75) is 25.0 Å². The Morgan fingerprint density at radius 2 is 2.08 bits per heavy atom. The van der Waals surface area contributed by atoms with Crippen molar-refractivity contribution in [3.63, 3.8) is 0 Å². The van der Waals surface area contributed by atoms with Gasteiger partial charge >= 0.3 is 5.69 Å². The molecule has 1 aromatic carbocycles. The topological polar surface area (TPSA) is 81.0 Å². The number of hydrogen-bond donors (Lipinski definition) is 1. The average molecular weight is 375 g/mol. The lowest BCUT2D eigenvalue weighted by Crippen LogP contribution is -2.07. The highest BCUT2D eigenvalue weighted by Gasteiger charge is 2.23. The zero-order chi connectivity index (χ0) is 17.7. The molecule has 0 aliphatic heterocycles. The average Bonchev–Trinajstić information content (AvgIpc) is 2.53. The number of nitrogens with one attached hydrogen (secondary N) is 1. The maximum atomic E-state index is 13.2. The third kappa shape index (κ3) is 4.51. The van der Waals surface area contributed by atoms with Gasteiger partial charge in [-0.15, -0.1) is 0 Å². The first kappa shape index (κ1) is 18.3. The Morgan fingerprint density at radius 1 is 1.33 bits per heavy atom. The van der Waals surface area contributed by atoms with E-state index in [1.54, 1.807) is 0 Å². The Bertz CT molecular complexity index is 764. The Labute approximate surface area is 145 Å².